The summed E-state index contributed by atoms with van der Waals surface area (Å²) in [7, 11) is 0. The Morgan fingerprint density at radius 2 is 1.97 bits per heavy atom. The third-order valence-electron chi connectivity index (χ3n) is 5.95. The molecule has 162 valence electrons. The van der Waals surface area contributed by atoms with Gasteiger partial charge in [-0.15, -0.1) is 0 Å². The van der Waals surface area contributed by atoms with Crippen molar-refractivity contribution >= 4 is 11.0 Å². The zero-order chi connectivity index (χ0) is 21.7. The Morgan fingerprint density at radius 3 is 2.78 bits per heavy atom. The van der Waals surface area contributed by atoms with Crippen LogP contribution in [0.25, 0.3) is 27.8 Å². The molecule has 0 spiro atoms. The normalized spacial score (nSPS) is 24.7. The fourth-order valence-corrected chi connectivity index (χ4v) is 4.42. The number of pyridine rings is 1. The van der Waals surface area contributed by atoms with E-state index in [0.29, 0.717) is 23.4 Å². The molecule has 0 bridgehead atoms. The van der Waals surface area contributed by atoms with E-state index in [-0.39, 0.29) is 30.5 Å². The van der Waals surface area contributed by atoms with Crippen molar-refractivity contribution in [1.82, 2.24) is 19.5 Å². The summed E-state index contributed by atoms with van der Waals surface area (Å²) in [5.74, 6) is 0.663. The van der Waals surface area contributed by atoms with Crippen molar-refractivity contribution in [3.05, 3.63) is 71.7 Å². The Balaban J connectivity index is 1.33. The predicted molar refractivity (Wildman–Crippen MR) is 115 cm³/mol. The molecule has 32 heavy (non-hydrogen) atoms. The van der Waals surface area contributed by atoms with Gasteiger partial charge in [-0.1, -0.05) is 12.1 Å². The summed E-state index contributed by atoms with van der Waals surface area (Å²) in [5, 5.41) is 10.4. The van der Waals surface area contributed by atoms with E-state index < -0.39 is 6.10 Å². The molecule has 2 N–H and O–H groups in total. The molecular weight excluding hydrogens is 412 g/mol. The van der Waals surface area contributed by atoms with E-state index in [2.05, 4.69) is 15.0 Å². The maximum Gasteiger partial charge on any atom is 0.260 e. The first kappa shape index (κ1) is 19.2. The highest BCUT2D eigenvalue weighted by Gasteiger charge is 2.48. The van der Waals surface area contributed by atoms with Crippen LogP contribution in [0.5, 0.6) is 5.75 Å². The summed E-state index contributed by atoms with van der Waals surface area (Å²) in [6.07, 6.45) is 5.22. The standard InChI is InChI=1S/C23H20N4O5/c28-17-10-30-21-18(11-31-20(17)21)32-15-5-3-13(4-6-15)16-9-27(14-2-1-7-24-8-14)22-19(16)23(29)26-12-25-22/h1-9,12,17-18,20-21,28H,10-11H2,(H,25,26,29). The lowest BCUT2D eigenvalue weighted by molar-refractivity contribution is 0.00863. The van der Waals surface area contributed by atoms with Crippen molar-refractivity contribution < 1.29 is 19.3 Å². The minimum Gasteiger partial charge on any atom is -0.485 e. The number of nitrogens with zero attached hydrogens (tertiary/aromatic N) is 3. The summed E-state index contributed by atoms with van der Waals surface area (Å²) in [5.41, 5.74) is 2.78. The van der Waals surface area contributed by atoms with Crippen LogP contribution >= 0.6 is 0 Å². The van der Waals surface area contributed by atoms with Crippen LogP contribution < -0.4 is 10.3 Å². The first-order chi connectivity index (χ1) is 15.7. The minimum atomic E-state index is -0.611. The Hall–Kier alpha value is -3.53. The van der Waals surface area contributed by atoms with Gasteiger partial charge in [0.1, 0.15) is 24.1 Å². The third kappa shape index (κ3) is 3.10. The maximum atomic E-state index is 12.6. The van der Waals surface area contributed by atoms with Crippen LogP contribution in [0.2, 0.25) is 0 Å². The van der Waals surface area contributed by atoms with E-state index in [4.69, 9.17) is 14.2 Å². The summed E-state index contributed by atoms with van der Waals surface area (Å²) in [4.78, 5) is 23.9. The van der Waals surface area contributed by atoms with Crippen LogP contribution in [0.4, 0.5) is 0 Å². The molecule has 4 unspecified atom stereocenters. The van der Waals surface area contributed by atoms with Gasteiger partial charge in [-0.05, 0) is 29.8 Å². The van der Waals surface area contributed by atoms with Gasteiger partial charge in [-0.2, -0.15) is 0 Å². The lowest BCUT2D eigenvalue weighted by atomic mass is 10.1. The number of rotatable bonds is 4. The number of aliphatic hydroxyl groups excluding tert-OH is 1. The van der Waals surface area contributed by atoms with Crippen LogP contribution in [0.1, 0.15) is 0 Å². The zero-order valence-corrected chi connectivity index (χ0v) is 16.9. The molecule has 6 rings (SSSR count). The van der Waals surface area contributed by atoms with Crippen molar-refractivity contribution in [3.8, 4) is 22.6 Å². The molecule has 4 aromatic rings. The van der Waals surface area contributed by atoms with Gasteiger partial charge in [-0.25, -0.2) is 4.98 Å². The molecule has 9 heteroatoms. The van der Waals surface area contributed by atoms with Crippen molar-refractivity contribution in [2.45, 2.75) is 24.4 Å². The number of hydrogen-bond acceptors (Lipinski definition) is 7. The first-order valence-electron chi connectivity index (χ1n) is 10.4. The Bertz CT molecular complexity index is 1320. The second-order valence-electron chi connectivity index (χ2n) is 7.90. The molecule has 5 heterocycles. The van der Waals surface area contributed by atoms with Crippen molar-refractivity contribution in [1.29, 1.82) is 0 Å². The quantitative estimate of drug-likeness (QED) is 0.505. The summed E-state index contributed by atoms with van der Waals surface area (Å²) in [6.45, 7) is 0.630. The van der Waals surface area contributed by atoms with Gasteiger partial charge in [-0.3, -0.25) is 14.3 Å². The van der Waals surface area contributed by atoms with Gasteiger partial charge in [0.15, 0.2) is 11.8 Å². The second-order valence-corrected chi connectivity index (χ2v) is 7.90. The number of fused-ring (bicyclic) bond motifs is 2. The molecule has 0 aliphatic carbocycles. The lowest BCUT2D eigenvalue weighted by Crippen LogP contribution is -2.34. The molecule has 4 atom stereocenters. The molecule has 1 aromatic carbocycles. The van der Waals surface area contributed by atoms with E-state index >= 15 is 0 Å². The molecule has 2 aliphatic heterocycles. The van der Waals surface area contributed by atoms with Gasteiger partial charge in [0, 0.05) is 18.0 Å². The number of aromatic nitrogens is 4. The Labute approximate surface area is 182 Å². The molecular formula is C23H20N4O5. The summed E-state index contributed by atoms with van der Waals surface area (Å²) >= 11 is 0. The van der Waals surface area contributed by atoms with Crippen molar-refractivity contribution in [3.63, 3.8) is 0 Å². The van der Waals surface area contributed by atoms with E-state index in [0.717, 1.165) is 16.8 Å². The van der Waals surface area contributed by atoms with E-state index in [1.807, 2.05) is 47.2 Å². The van der Waals surface area contributed by atoms with Crippen LogP contribution in [-0.4, -0.2) is 62.3 Å². The number of aliphatic hydroxyl groups is 1. The monoisotopic (exact) mass is 432 g/mol. The summed E-state index contributed by atoms with van der Waals surface area (Å²) in [6, 6.07) is 11.3. The minimum absolute atomic E-state index is 0.209. The third-order valence-corrected chi connectivity index (χ3v) is 5.95. The molecule has 0 saturated carbocycles. The molecule has 2 fully saturated rings. The molecule has 2 aliphatic rings. The van der Waals surface area contributed by atoms with Crippen molar-refractivity contribution in [2.75, 3.05) is 13.2 Å². The Kier molecular flexibility index (Phi) is 4.53. The fourth-order valence-electron chi connectivity index (χ4n) is 4.42. The average molecular weight is 432 g/mol. The van der Waals surface area contributed by atoms with Crippen LogP contribution in [-0.2, 0) is 9.47 Å². The number of hydrogen-bond donors (Lipinski definition) is 2. The maximum absolute atomic E-state index is 12.6. The van der Waals surface area contributed by atoms with Gasteiger partial charge in [0.25, 0.3) is 5.56 Å². The van der Waals surface area contributed by atoms with Crippen LogP contribution in [0.3, 0.4) is 0 Å². The van der Waals surface area contributed by atoms with E-state index in [9.17, 15) is 9.90 Å². The van der Waals surface area contributed by atoms with Gasteiger partial charge >= 0.3 is 0 Å². The number of ether oxygens (including phenoxy) is 3. The number of H-pyrrole nitrogens is 1. The SMILES string of the molecule is O=c1[nH]cnc2c1c(-c1ccc(OC3COC4C(O)COC34)cc1)cn2-c1cccnc1. The molecule has 0 amide bonds. The molecule has 2 saturated heterocycles. The van der Waals surface area contributed by atoms with Gasteiger partial charge in [0.05, 0.1) is 36.8 Å². The molecule has 0 radical (unpaired) electrons. The topological polar surface area (TPSA) is 111 Å². The smallest absolute Gasteiger partial charge is 0.260 e. The lowest BCUT2D eigenvalue weighted by Gasteiger charge is -2.18. The highest BCUT2D eigenvalue weighted by molar-refractivity contribution is 5.94. The van der Waals surface area contributed by atoms with E-state index in [1.54, 1.807) is 12.4 Å². The highest BCUT2D eigenvalue weighted by atomic mass is 16.6. The van der Waals surface area contributed by atoms with Gasteiger partial charge < -0.3 is 24.3 Å². The largest absolute Gasteiger partial charge is 0.485 e. The highest BCUT2D eigenvalue weighted by Crippen LogP contribution is 2.33. The molecule has 9 nitrogen and oxygen atoms in total. The Morgan fingerprint density at radius 1 is 1.12 bits per heavy atom. The number of benzene rings is 1. The fraction of sp³-hybridized carbons (Fsp3) is 0.261. The number of nitrogens with one attached hydrogen (secondary N) is 1. The van der Waals surface area contributed by atoms with Gasteiger partial charge in [0.2, 0.25) is 0 Å². The van der Waals surface area contributed by atoms with Crippen molar-refractivity contribution in [2.24, 2.45) is 0 Å². The molecule has 3 aromatic heterocycles. The zero-order valence-electron chi connectivity index (χ0n) is 16.9. The average Bonchev–Trinajstić information content (AvgIpc) is 3.51. The van der Waals surface area contributed by atoms with Crippen LogP contribution in [0, 0.1) is 0 Å². The second kappa shape index (κ2) is 7.56. The first-order valence-corrected chi connectivity index (χ1v) is 10.4. The van der Waals surface area contributed by atoms with Crippen LogP contribution in [0.15, 0.2) is 66.1 Å². The van der Waals surface area contributed by atoms with E-state index in [1.165, 1.54) is 6.33 Å². The summed E-state index contributed by atoms with van der Waals surface area (Å²) < 4.78 is 19.2. The number of aromatic amines is 1. The predicted octanol–water partition coefficient (Wildman–Crippen LogP) is 1.68.